The first-order valence-corrected chi connectivity index (χ1v) is 12.5. The van der Waals surface area contributed by atoms with Gasteiger partial charge in [-0.3, -0.25) is 20.4 Å². The maximum Gasteiger partial charge on any atom is 0.262 e. The van der Waals surface area contributed by atoms with Gasteiger partial charge in [0.1, 0.15) is 0 Å². The van der Waals surface area contributed by atoms with E-state index in [4.69, 9.17) is 0 Å². The second-order valence-corrected chi connectivity index (χ2v) is 9.62. The van der Waals surface area contributed by atoms with Gasteiger partial charge in [-0.2, -0.15) is 4.31 Å². The van der Waals surface area contributed by atoms with Gasteiger partial charge >= 0.3 is 0 Å². The van der Waals surface area contributed by atoms with Gasteiger partial charge in [-0.1, -0.05) is 44.2 Å². The number of rotatable bonds is 8. The van der Waals surface area contributed by atoms with Gasteiger partial charge in [-0.15, -0.1) is 0 Å². The van der Waals surface area contributed by atoms with Crippen molar-refractivity contribution in [2.75, 3.05) is 31.1 Å². The first-order chi connectivity index (χ1) is 15.8. The predicted molar refractivity (Wildman–Crippen MR) is 129 cm³/mol. The van der Waals surface area contributed by atoms with E-state index >= 15 is 0 Å². The highest BCUT2D eigenvalue weighted by Gasteiger charge is 2.21. The predicted octanol–water partition coefficient (Wildman–Crippen LogP) is 2.33. The molecule has 0 spiro atoms. The molecule has 0 aliphatic carbocycles. The van der Waals surface area contributed by atoms with Crippen LogP contribution < -0.4 is 15.8 Å². The van der Waals surface area contributed by atoms with Crippen LogP contribution in [0.15, 0.2) is 59.5 Å². The van der Waals surface area contributed by atoms with E-state index in [1.807, 2.05) is 23.1 Å². The summed E-state index contributed by atoms with van der Waals surface area (Å²) in [4.78, 5) is 26.6. The highest BCUT2D eigenvalue weighted by atomic mass is 32.2. The van der Waals surface area contributed by atoms with Crippen LogP contribution in [0.25, 0.3) is 6.08 Å². The highest BCUT2D eigenvalue weighted by molar-refractivity contribution is 7.89. The van der Waals surface area contributed by atoms with Crippen molar-refractivity contribution in [2.45, 2.75) is 31.6 Å². The molecule has 2 aromatic carbocycles. The minimum absolute atomic E-state index is 0.156. The van der Waals surface area contributed by atoms with Gasteiger partial charge in [0.25, 0.3) is 11.8 Å². The summed E-state index contributed by atoms with van der Waals surface area (Å²) in [5.74, 6) is -0.790. The maximum absolute atomic E-state index is 12.5. The SMILES string of the molecule is CCN(CC)S(=O)(=O)c1ccc(/C=C/C(=O)NNC(=O)CN2CCCc3ccccc32)cc1. The maximum atomic E-state index is 12.5. The number of fused-ring (bicyclic) bond motifs is 1. The third-order valence-electron chi connectivity index (χ3n) is 5.52. The summed E-state index contributed by atoms with van der Waals surface area (Å²) in [5, 5.41) is 0. The van der Waals surface area contributed by atoms with E-state index in [-0.39, 0.29) is 17.3 Å². The van der Waals surface area contributed by atoms with Crippen molar-refractivity contribution in [3.63, 3.8) is 0 Å². The Morgan fingerprint density at radius 2 is 1.73 bits per heavy atom. The van der Waals surface area contributed by atoms with Crippen molar-refractivity contribution in [2.24, 2.45) is 0 Å². The molecule has 2 aromatic rings. The van der Waals surface area contributed by atoms with E-state index in [1.54, 1.807) is 32.1 Å². The van der Waals surface area contributed by atoms with Gasteiger partial charge in [0.2, 0.25) is 10.0 Å². The van der Waals surface area contributed by atoms with Crippen LogP contribution >= 0.6 is 0 Å². The molecule has 176 valence electrons. The molecule has 9 heteroatoms. The number of hydrazine groups is 1. The zero-order valence-electron chi connectivity index (χ0n) is 19.0. The Labute approximate surface area is 195 Å². The van der Waals surface area contributed by atoms with Crippen LogP contribution in [0.1, 0.15) is 31.4 Å². The van der Waals surface area contributed by atoms with Gasteiger partial charge in [0, 0.05) is 31.4 Å². The fourth-order valence-electron chi connectivity index (χ4n) is 3.80. The molecule has 0 fully saturated rings. The van der Waals surface area contributed by atoms with Crippen LogP contribution in [0, 0.1) is 0 Å². The summed E-state index contributed by atoms with van der Waals surface area (Å²) in [6, 6.07) is 14.3. The summed E-state index contributed by atoms with van der Waals surface area (Å²) >= 11 is 0. The smallest absolute Gasteiger partial charge is 0.262 e. The standard InChI is InChI=1S/C24H30N4O4S/c1-3-28(4-2)33(31,32)21-14-11-19(12-15-21)13-16-23(29)25-26-24(30)18-27-17-7-9-20-8-5-6-10-22(20)27/h5-6,8,10-16H,3-4,7,9,17-18H2,1-2H3,(H,25,29)(H,26,30)/b16-13+. The lowest BCUT2D eigenvalue weighted by Crippen LogP contribution is -2.47. The van der Waals surface area contributed by atoms with Crippen molar-refractivity contribution in [3.05, 3.63) is 65.7 Å². The quantitative estimate of drug-likeness (QED) is 0.456. The van der Waals surface area contributed by atoms with Gasteiger partial charge in [0.05, 0.1) is 11.4 Å². The largest absolute Gasteiger partial charge is 0.362 e. The van der Waals surface area contributed by atoms with Gasteiger partial charge in [0.15, 0.2) is 0 Å². The second-order valence-electron chi connectivity index (χ2n) is 7.68. The Hall–Kier alpha value is -3.17. The molecule has 0 saturated heterocycles. The second kappa shape index (κ2) is 11.1. The summed E-state index contributed by atoms with van der Waals surface area (Å²) in [7, 11) is -3.52. The molecule has 2 amide bonds. The first kappa shape index (κ1) is 24.5. The molecule has 0 saturated carbocycles. The summed E-state index contributed by atoms with van der Waals surface area (Å²) in [6.45, 7) is 5.33. The molecule has 1 aliphatic rings. The topological polar surface area (TPSA) is 98.8 Å². The number of carbonyl (C=O) groups is 2. The van der Waals surface area contributed by atoms with Gasteiger partial charge < -0.3 is 4.90 Å². The Balaban J connectivity index is 1.51. The average Bonchev–Trinajstić information content (AvgIpc) is 2.82. The normalized spacial score (nSPS) is 13.7. The molecule has 1 heterocycles. The van der Waals surface area contributed by atoms with Crippen molar-refractivity contribution in [3.8, 4) is 0 Å². The number of carbonyl (C=O) groups excluding carboxylic acids is 2. The highest BCUT2D eigenvalue weighted by Crippen LogP contribution is 2.26. The van der Waals surface area contributed by atoms with E-state index in [0.29, 0.717) is 18.7 Å². The van der Waals surface area contributed by atoms with E-state index in [9.17, 15) is 18.0 Å². The molecule has 0 atom stereocenters. The summed E-state index contributed by atoms with van der Waals surface area (Å²) in [5.41, 5.74) is 7.75. The molecule has 0 unspecified atom stereocenters. The number of hydrogen-bond donors (Lipinski definition) is 2. The lowest BCUT2D eigenvalue weighted by molar-refractivity contribution is -0.125. The average molecular weight is 471 g/mol. The molecule has 2 N–H and O–H groups in total. The molecule has 33 heavy (non-hydrogen) atoms. The number of amides is 2. The zero-order chi connectivity index (χ0) is 23.8. The summed E-state index contributed by atoms with van der Waals surface area (Å²) in [6.07, 6.45) is 4.81. The number of sulfonamides is 1. The molecule has 1 aliphatic heterocycles. The third-order valence-corrected chi connectivity index (χ3v) is 7.58. The van der Waals surface area contributed by atoms with Crippen LogP contribution in [0.2, 0.25) is 0 Å². The number of nitrogens with zero attached hydrogens (tertiary/aromatic N) is 2. The molecular formula is C24H30N4O4S. The number of nitrogens with one attached hydrogen (secondary N) is 2. The minimum atomic E-state index is -3.52. The van der Waals surface area contributed by atoms with Crippen LogP contribution in [0.4, 0.5) is 5.69 Å². The fourth-order valence-corrected chi connectivity index (χ4v) is 5.26. The Morgan fingerprint density at radius 3 is 2.42 bits per heavy atom. The Kier molecular flexibility index (Phi) is 8.24. The van der Waals surface area contributed by atoms with E-state index in [0.717, 1.165) is 25.1 Å². The number of anilines is 1. The molecule has 0 radical (unpaired) electrons. The van der Waals surface area contributed by atoms with Crippen molar-refractivity contribution >= 4 is 33.6 Å². The minimum Gasteiger partial charge on any atom is -0.362 e. The molecular weight excluding hydrogens is 440 g/mol. The van der Waals surface area contributed by atoms with E-state index < -0.39 is 15.9 Å². The van der Waals surface area contributed by atoms with Crippen LogP contribution in [0.5, 0.6) is 0 Å². The summed E-state index contributed by atoms with van der Waals surface area (Å²) < 4.78 is 26.4. The lowest BCUT2D eigenvalue weighted by atomic mass is 10.0. The Bertz CT molecular complexity index is 1110. The van der Waals surface area contributed by atoms with Crippen LogP contribution in [-0.4, -0.2) is 50.7 Å². The number of hydrogen-bond acceptors (Lipinski definition) is 5. The molecule has 3 rings (SSSR count). The van der Waals surface area contributed by atoms with E-state index in [2.05, 4.69) is 16.9 Å². The third kappa shape index (κ3) is 6.21. The fraction of sp³-hybridized carbons (Fsp3) is 0.333. The van der Waals surface area contributed by atoms with Crippen LogP contribution in [-0.2, 0) is 26.0 Å². The number of para-hydroxylation sites is 1. The van der Waals surface area contributed by atoms with Crippen molar-refractivity contribution in [1.29, 1.82) is 0 Å². The van der Waals surface area contributed by atoms with Gasteiger partial charge in [-0.05, 0) is 48.2 Å². The van der Waals surface area contributed by atoms with E-state index in [1.165, 1.54) is 28.1 Å². The molecule has 8 nitrogen and oxygen atoms in total. The number of aryl methyl sites for hydroxylation is 1. The van der Waals surface area contributed by atoms with Crippen molar-refractivity contribution in [1.82, 2.24) is 15.2 Å². The first-order valence-electron chi connectivity index (χ1n) is 11.0. The molecule has 0 aromatic heterocycles. The van der Waals surface area contributed by atoms with Crippen LogP contribution in [0.3, 0.4) is 0 Å². The van der Waals surface area contributed by atoms with Crippen molar-refractivity contribution < 1.29 is 18.0 Å². The molecule has 0 bridgehead atoms. The Morgan fingerprint density at radius 1 is 1.03 bits per heavy atom. The zero-order valence-corrected chi connectivity index (χ0v) is 19.8. The monoisotopic (exact) mass is 470 g/mol. The van der Waals surface area contributed by atoms with Gasteiger partial charge in [-0.25, -0.2) is 8.42 Å². The number of benzene rings is 2. The lowest BCUT2D eigenvalue weighted by Gasteiger charge is -2.30.